The Bertz CT molecular complexity index is 1140. The number of nitrogens with zero attached hydrogens (tertiary/aromatic N) is 2. The minimum absolute atomic E-state index is 0.0150. The number of hydrogen-bond acceptors (Lipinski definition) is 5. The zero-order valence-electron chi connectivity index (χ0n) is 29.3. The second-order valence-corrected chi connectivity index (χ2v) is 10.6. The zero-order valence-corrected chi connectivity index (χ0v) is 29.3. The first-order valence-electron chi connectivity index (χ1n) is 16.6. The van der Waals surface area contributed by atoms with Crippen LogP contribution < -0.4 is 10.8 Å². The zero-order chi connectivity index (χ0) is 33.5. The summed E-state index contributed by atoms with van der Waals surface area (Å²) < 4.78 is 0. The van der Waals surface area contributed by atoms with Crippen LogP contribution in [0.5, 0.6) is 0 Å². The lowest BCUT2D eigenvalue weighted by molar-refractivity contribution is 0.198. The molecule has 5 nitrogen and oxygen atoms in total. The van der Waals surface area contributed by atoms with Crippen molar-refractivity contribution in [2.75, 3.05) is 6.54 Å². The van der Waals surface area contributed by atoms with E-state index >= 15 is 0 Å². The van der Waals surface area contributed by atoms with Gasteiger partial charge in [-0.25, -0.2) is 0 Å². The van der Waals surface area contributed by atoms with Gasteiger partial charge in [0.1, 0.15) is 5.84 Å². The summed E-state index contributed by atoms with van der Waals surface area (Å²) in [7, 11) is 0. The first kappa shape index (κ1) is 40.4. The largest absolute Gasteiger partial charge is 0.385 e. The first-order valence-corrected chi connectivity index (χ1v) is 16.6. The molecule has 5 heteroatoms. The molecule has 0 amide bonds. The number of aliphatic imine (C=N–C) groups is 1. The second kappa shape index (κ2) is 23.8. The third kappa shape index (κ3) is 12.6. The number of amidine groups is 1. The lowest BCUT2D eigenvalue weighted by Crippen LogP contribution is -2.33. The van der Waals surface area contributed by atoms with E-state index in [4.69, 9.17) is 4.99 Å². The summed E-state index contributed by atoms with van der Waals surface area (Å²) in [6.45, 7) is 31.9. The molecule has 1 aliphatic heterocycles. The highest BCUT2D eigenvalue weighted by molar-refractivity contribution is 6.03. The highest BCUT2D eigenvalue weighted by atomic mass is 16.5. The molecule has 0 fully saturated rings. The molecule has 44 heavy (non-hydrogen) atoms. The van der Waals surface area contributed by atoms with Crippen LogP contribution in [0, 0.1) is 5.92 Å². The number of hydroxylamine groups is 1. The third-order valence-electron chi connectivity index (χ3n) is 6.83. The van der Waals surface area contributed by atoms with Crippen LogP contribution in [0.25, 0.3) is 0 Å². The minimum Gasteiger partial charge on any atom is -0.385 e. The van der Waals surface area contributed by atoms with Crippen LogP contribution in [0.15, 0.2) is 120 Å². The molecule has 1 aromatic rings. The van der Waals surface area contributed by atoms with Crippen molar-refractivity contribution < 1.29 is 5.21 Å². The molecule has 0 radical (unpaired) electrons. The van der Waals surface area contributed by atoms with Gasteiger partial charge < -0.3 is 10.2 Å². The fourth-order valence-electron chi connectivity index (χ4n) is 4.35. The number of allylic oxidation sites excluding steroid dienone is 6. The van der Waals surface area contributed by atoms with Gasteiger partial charge in [0.15, 0.2) is 0 Å². The molecule has 3 N–H and O–H groups in total. The van der Waals surface area contributed by atoms with Gasteiger partial charge in [-0.1, -0.05) is 136 Å². The summed E-state index contributed by atoms with van der Waals surface area (Å²) in [5, 5.41) is 12.7. The fourth-order valence-corrected chi connectivity index (χ4v) is 4.35. The van der Waals surface area contributed by atoms with E-state index in [0.717, 1.165) is 59.4 Å². The van der Waals surface area contributed by atoms with Gasteiger partial charge in [0.25, 0.3) is 0 Å². The van der Waals surface area contributed by atoms with Crippen LogP contribution in [0.3, 0.4) is 0 Å². The molecule has 0 aromatic heterocycles. The third-order valence-corrected chi connectivity index (χ3v) is 6.83. The molecule has 244 valence electrons. The first-order chi connectivity index (χ1) is 21.3. The number of hydrogen-bond donors (Lipinski definition) is 3. The van der Waals surface area contributed by atoms with Crippen molar-refractivity contribution in [3.05, 3.63) is 120 Å². The standard InChI is InChI=1S/C27H30N4O.C5H12.C3H8.2C2H6/c1-4-6-16-28-19(3)21-13-15-26-24(18-21)29-27(22-12-14-23(17-22)30-32)31(26)25(5-2)20-10-8-7-9-11-20;1-4-5(2)3;1-3-2;2*1-2/h4-5,7-15,24-25,28,30,32H,1-3,6,16-18H2;5H,4H2,1-3H3;3H2,1-2H3;2*1-2H3. The van der Waals surface area contributed by atoms with Crippen molar-refractivity contribution in [2.24, 2.45) is 10.9 Å². The summed E-state index contributed by atoms with van der Waals surface area (Å²) in [5.74, 6) is 1.81. The maximum Gasteiger partial charge on any atom is 0.132 e. The molecule has 0 saturated carbocycles. The van der Waals surface area contributed by atoms with Gasteiger partial charge in [0.2, 0.25) is 0 Å². The molecule has 3 aliphatic rings. The molecule has 2 aliphatic carbocycles. The van der Waals surface area contributed by atoms with Crippen molar-refractivity contribution in [3.63, 3.8) is 0 Å². The van der Waals surface area contributed by atoms with Crippen molar-refractivity contribution in [1.29, 1.82) is 0 Å². The molecule has 4 rings (SSSR count). The van der Waals surface area contributed by atoms with Crippen LogP contribution in [-0.4, -0.2) is 28.5 Å². The smallest absolute Gasteiger partial charge is 0.132 e. The molecule has 2 unspecified atom stereocenters. The highest BCUT2D eigenvalue weighted by Gasteiger charge is 2.38. The minimum atomic E-state index is -0.0397. The SMILES string of the molecule is C=CCCNC(=C)C1=CC=C2C(C1)N=C(C1=CC=C(NO)C1)N2C(C=C)c1ccccc1.CC.CC.CCC.CCC(C)C. The van der Waals surface area contributed by atoms with Crippen LogP contribution in [0.4, 0.5) is 0 Å². The van der Waals surface area contributed by atoms with Crippen molar-refractivity contribution in [1.82, 2.24) is 15.7 Å². The van der Waals surface area contributed by atoms with Crippen molar-refractivity contribution in [3.8, 4) is 0 Å². The van der Waals surface area contributed by atoms with Crippen molar-refractivity contribution in [2.45, 2.75) is 107 Å². The van der Waals surface area contributed by atoms with Gasteiger partial charge in [0, 0.05) is 42.1 Å². The molecule has 0 saturated heterocycles. The summed E-state index contributed by atoms with van der Waals surface area (Å²) in [5.41, 5.74) is 8.54. The Morgan fingerprint density at radius 2 is 1.64 bits per heavy atom. The average Bonchev–Trinajstić information content (AvgIpc) is 3.69. The van der Waals surface area contributed by atoms with E-state index < -0.39 is 0 Å². The van der Waals surface area contributed by atoms with Gasteiger partial charge in [-0.15, -0.1) is 13.2 Å². The highest BCUT2D eigenvalue weighted by Crippen LogP contribution is 2.41. The maximum atomic E-state index is 9.35. The van der Waals surface area contributed by atoms with Crippen LogP contribution in [0.2, 0.25) is 0 Å². The number of benzene rings is 1. The Kier molecular flexibility index (Phi) is 21.9. The van der Waals surface area contributed by atoms with Gasteiger partial charge in [0.05, 0.1) is 12.1 Å². The Hall–Kier alpha value is -3.57. The normalized spacial score (nSPS) is 16.5. The van der Waals surface area contributed by atoms with Crippen LogP contribution in [-0.2, 0) is 0 Å². The van der Waals surface area contributed by atoms with E-state index in [9.17, 15) is 5.21 Å². The van der Waals surface area contributed by atoms with E-state index in [-0.39, 0.29) is 12.1 Å². The Morgan fingerprint density at radius 1 is 1.02 bits per heavy atom. The molecule has 0 spiro atoms. The quantitative estimate of drug-likeness (QED) is 0.134. The molecule has 1 heterocycles. The summed E-state index contributed by atoms with van der Waals surface area (Å²) >= 11 is 0. The van der Waals surface area contributed by atoms with Gasteiger partial charge in [-0.2, -0.15) is 0 Å². The van der Waals surface area contributed by atoms with E-state index in [2.05, 4.69) is 94.3 Å². The van der Waals surface area contributed by atoms with Crippen molar-refractivity contribution >= 4 is 5.84 Å². The average molecular weight is 603 g/mol. The van der Waals surface area contributed by atoms with E-state index in [1.165, 1.54) is 18.4 Å². The Labute approximate surface area is 270 Å². The number of nitrogens with one attached hydrogen (secondary N) is 2. The van der Waals surface area contributed by atoms with Gasteiger partial charge >= 0.3 is 0 Å². The lowest BCUT2D eigenvalue weighted by Gasteiger charge is -2.33. The summed E-state index contributed by atoms with van der Waals surface area (Å²) in [4.78, 5) is 7.44. The van der Waals surface area contributed by atoms with E-state index in [1.807, 2.05) is 70.2 Å². The Morgan fingerprint density at radius 3 is 2.14 bits per heavy atom. The van der Waals surface area contributed by atoms with E-state index in [1.54, 1.807) is 0 Å². The predicted octanol–water partition coefficient (Wildman–Crippen LogP) is 10.6. The summed E-state index contributed by atoms with van der Waals surface area (Å²) in [6, 6.07) is 10.3. The van der Waals surface area contributed by atoms with Gasteiger partial charge in [-0.3, -0.25) is 15.7 Å². The predicted molar refractivity (Wildman–Crippen MR) is 195 cm³/mol. The lowest BCUT2D eigenvalue weighted by atomic mass is 9.94. The fraction of sp³-hybridized carbons (Fsp3) is 0.462. The molecule has 1 aromatic carbocycles. The monoisotopic (exact) mass is 602 g/mol. The van der Waals surface area contributed by atoms with E-state index in [0.29, 0.717) is 6.42 Å². The molecular formula is C39H62N4O. The topological polar surface area (TPSA) is 59.9 Å². The molecule has 2 atom stereocenters. The van der Waals surface area contributed by atoms with Crippen LogP contribution in [0.1, 0.15) is 106 Å². The second-order valence-electron chi connectivity index (χ2n) is 10.6. The molecular weight excluding hydrogens is 540 g/mol. The Balaban J connectivity index is 0.00000134. The number of rotatable bonds is 11. The van der Waals surface area contributed by atoms with Gasteiger partial charge in [-0.05, 0) is 35.6 Å². The molecule has 0 bridgehead atoms. The van der Waals surface area contributed by atoms with Crippen LogP contribution >= 0.6 is 0 Å². The maximum absolute atomic E-state index is 9.35. The summed E-state index contributed by atoms with van der Waals surface area (Å²) in [6.07, 6.45) is 16.9. The number of fused-ring (bicyclic) bond motifs is 1.